The van der Waals surface area contributed by atoms with Crippen molar-refractivity contribution in [3.63, 3.8) is 0 Å². The molecule has 0 radical (unpaired) electrons. The lowest BCUT2D eigenvalue weighted by Gasteiger charge is -2.37. The number of hydrogen-bond donors (Lipinski definition) is 2. The third-order valence-corrected chi connectivity index (χ3v) is 4.74. The van der Waals surface area contributed by atoms with Crippen LogP contribution in [0.2, 0.25) is 0 Å². The fourth-order valence-corrected chi connectivity index (χ4v) is 3.04. The van der Waals surface area contributed by atoms with Gasteiger partial charge in [-0.25, -0.2) is 4.39 Å². The third-order valence-electron chi connectivity index (χ3n) is 4.74. The molecule has 4 heteroatoms. The average Bonchev–Trinajstić information content (AvgIpc) is 2.50. The predicted octanol–water partition coefficient (Wildman–Crippen LogP) is 2.64. The molecule has 2 rings (SSSR count). The van der Waals surface area contributed by atoms with Crippen LogP contribution >= 0.6 is 0 Å². The Morgan fingerprint density at radius 2 is 2.05 bits per heavy atom. The SMILES string of the molecule is CC1CCC(CN)(C(=O)NCCc2ccccc2F)CC1. The first-order chi connectivity index (χ1) is 10.1. The van der Waals surface area contributed by atoms with Crippen molar-refractivity contribution >= 4 is 5.91 Å². The fraction of sp³-hybridized carbons (Fsp3) is 0.588. The molecule has 0 saturated heterocycles. The standard InChI is InChI=1S/C17H25FN2O/c1-13-6-9-17(12-19,10-7-13)16(21)20-11-8-14-4-2-3-5-15(14)18/h2-5,13H,6-12,19H2,1H3,(H,20,21). The first-order valence-corrected chi connectivity index (χ1v) is 7.79. The molecule has 0 aromatic heterocycles. The van der Waals surface area contributed by atoms with Crippen molar-refractivity contribution < 1.29 is 9.18 Å². The second kappa shape index (κ2) is 7.03. The van der Waals surface area contributed by atoms with Gasteiger partial charge in [-0.05, 0) is 49.7 Å². The van der Waals surface area contributed by atoms with Crippen LogP contribution < -0.4 is 11.1 Å². The summed E-state index contributed by atoms with van der Waals surface area (Å²) in [6.45, 7) is 3.07. The van der Waals surface area contributed by atoms with E-state index < -0.39 is 5.41 Å². The average molecular weight is 292 g/mol. The van der Waals surface area contributed by atoms with Gasteiger partial charge in [0.05, 0.1) is 5.41 Å². The molecule has 1 aromatic rings. The highest BCUT2D eigenvalue weighted by atomic mass is 19.1. The van der Waals surface area contributed by atoms with E-state index in [0.29, 0.717) is 31.0 Å². The van der Waals surface area contributed by atoms with Gasteiger partial charge in [0.15, 0.2) is 0 Å². The van der Waals surface area contributed by atoms with Gasteiger partial charge < -0.3 is 11.1 Å². The predicted molar refractivity (Wildman–Crippen MR) is 82.2 cm³/mol. The van der Waals surface area contributed by atoms with Crippen LogP contribution in [0.25, 0.3) is 0 Å². The van der Waals surface area contributed by atoms with E-state index in [9.17, 15) is 9.18 Å². The number of carbonyl (C=O) groups is 1. The number of nitrogens with one attached hydrogen (secondary N) is 1. The molecule has 0 bridgehead atoms. The maximum Gasteiger partial charge on any atom is 0.227 e. The van der Waals surface area contributed by atoms with Crippen molar-refractivity contribution in [2.24, 2.45) is 17.1 Å². The highest BCUT2D eigenvalue weighted by Crippen LogP contribution is 2.38. The first kappa shape index (κ1) is 16.0. The summed E-state index contributed by atoms with van der Waals surface area (Å²) in [6.07, 6.45) is 4.33. The smallest absolute Gasteiger partial charge is 0.227 e. The lowest BCUT2D eigenvalue weighted by atomic mass is 9.70. The Bertz CT molecular complexity index is 481. The second-order valence-corrected chi connectivity index (χ2v) is 6.26. The quantitative estimate of drug-likeness (QED) is 0.876. The van der Waals surface area contributed by atoms with Gasteiger partial charge in [-0.15, -0.1) is 0 Å². The van der Waals surface area contributed by atoms with Crippen LogP contribution in [0.3, 0.4) is 0 Å². The van der Waals surface area contributed by atoms with Crippen LogP contribution in [0, 0.1) is 17.2 Å². The summed E-state index contributed by atoms with van der Waals surface area (Å²) in [5.74, 6) is 0.496. The number of amides is 1. The summed E-state index contributed by atoms with van der Waals surface area (Å²) in [4.78, 5) is 12.4. The molecular formula is C17H25FN2O. The molecule has 0 aliphatic heterocycles. The maximum atomic E-state index is 13.5. The van der Waals surface area contributed by atoms with Gasteiger partial charge in [0.2, 0.25) is 5.91 Å². The summed E-state index contributed by atoms with van der Waals surface area (Å²) in [6, 6.07) is 6.68. The molecule has 1 aromatic carbocycles. The van der Waals surface area contributed by atoms with E-state index in [0.717, 1.165) is 25.7 Å². The van der Waals surface area contributed by atoms with Gasteiger partial charge in [-0.3, -0.25) is 4.79 Å². The Labute approximate surface area is 126 Å². The Hall–Kier alpha value is -1.42. The Morgan fingerprint density at radius 3 is 2.67 bits per heavy atom. The summed E-state index contributed by atoms with van der Waals surface area (Å²) < 4.78 is 13.5. The number of hydrogen-bond acceptors (Lipinski definition) is 2. The molecule has 1 saturated carbocycles. The van der Waals surface area contributed by atoms with E-state index in [1.807, 2.05) is 6.07 Å². The van der Waals surface area contributed by atoms with Crippen molar-refractivity contribution in [3.05, 3.63) is 35.6 Å². The second-order valence-electron chi connectivity index (χ2n) is 6.26. The molecule has 0 atom stereocenters. The van der Waals surface area contributed by atoms with Crippen molar-refractivity contribution in [2.75, 3.05) is 13.1 Å². The molecule has 0 heterocycles. The molecule has 1 fully saturated rings. The van der Waals surface area contributed by atoms with Gasteiger partial charge in [-0.2, -0.15) is 0 Å². The van der Waals surface area contributed by atoms with Gasteiger partial charge in [0, 0.05) is 13.1 Å². The zero-order valence-electron chi connectivity index (χ0n) is 12.7. The minimum Gasteiger partial charge on any atom is -0.355 e. The largest absolute Gasteiger partial charge is 0.355 e. The molecule has 21 heavy (non-hydrogen) atoms. The van der Waals surface area contributed by atoms with E-state index in [-0.39, 0.29) is 11.7 Å². The normalized spacial score (nSPS) is 25.6. The van der Waals surface area contributed by atoms with E-state index in [4.69, 9.17) is 5.73 Å². The van der Waals surface area contributed by atoms with Crippen molar-refractivity contribution in [1.29, 1.82) is 0 Å². The van der Waals surface area contributed by atoms with Crippen LogP contribution in [0.4, 0.5) is 4.39 Å². The van der Waals surface area contributed by atoms with Crippen molar-refractivity contribution in [2.45, 2.75) is 39.0 Å². The number of carbonyl (C=O) groups excluding carboxylic acids is 1. The van der Waals surface area contributed by atoms with Gasteiger partial charge in [0.25, 0.3) is 0 Å². The number of benzene rings is 1. The third kappa shape index (κ3) is 3.82. The van der Waals surface area contributed by atoms with Crippen LogP contribution in [0.15, 0.2) is 24.3 Å². The van der Waals surface area contributed by atoms with Crippen molar-refractivity contribution in [3.8, 4) is 0 Å². The minimum absolute atomic E-state index is 0.0354. The molecule has 1 amide bonds. The summed E-state index contributed by atoms with van der Waals surface area (Å²) in [5, 5.41) is 2.95. The van der Waals surface area contributed by atoms with E-state index in [1.54, 1.807) is 12.1 Å². The monoisotopic (exact) mass is 292 g/mol. The summed E-state index contributed by atoms with van der Waals surface area (Å²) >= 11 is 0. The highest BCUT2D eigenvalue weighted by Gasteiger charge is 2.39. The lowest BCUT2D eigenvalue weighted by Crippen LogP contribution is -2.48. The van der Waals surface area contributed by atoms with E-state index in [1.165, 1.54) is 6.07 Å². The molecular weight excluding hydrogens is 267 g/mol. The number of halogens is 1. The fourth-order valence-electron chi connectivity index (χ4n) is 3.04. The summed E-state index contributed by atoms with van der Waals surface area (Å²) in [7, 11) is 0. The van der Waals surface area contributed by atoms with Crippen LogP contribution in [0.1, 0.15) is 38.2 Å². The van der Waals surface area contributed by atoms with Gasteiger partial charge in [-0.1, -0.05) is 25.1 Å². The summed E-state index contributed by atoms with van der Waals surface area (Å²) in [5.41, 5.74) is 6.09. The number of rotatable bonds is 5. The highest BCUT2D eigenvalue weighted by molar-refractivity contribution is 5.83. The van der Waals surface area contributed by atoms with Crippen LogP contribution in [-0.4, -0.2) is 19.0 Å². The number of nitrogens with two attached hydrogens (primary N) is 1. The van der Waals surface area contributed by atoms with Crippen LogP contribution in [-0.2, 0) is 11.2 Å². The first-order valence-electron chi connectivity index (χ1n) is 7.79. The Morgan fingerprint density at radius 1 is 1.38 bits per heavy atom. The molecule has 3 N–H and O–H groups in total. The molecule has 0 spiro atoms. The molecule has 3 nitrogen and oxygen atoms in total. The minimum atomic E-state index is -0.415. The topological polar surface area (TPSA) is 55.1 Å². The lowest BCUT2D eigenvalue weighted by molar-refractivity contribution is -0.132. The Kier molecular flexibility index (Phi) is 5.34. The van der Waals surface area contributed by atoms with Gasteiger partial charge in [0.1, 0.15) is 5.82 Å². The van der Waals surface area contributed by atoms with Crippen molar-refractivity contribution in [1.82, 2.24) is 5.32 Å². The molecule has 1 aliphatic carbocycles. The Balaban J connectivity index is 1.87. The maximum absolute atomic E-state index is 13.5. The zero-order chi connectivity index (χ0) is 15.3. The van der Waals surface area contributed by atoms with E-state index >= 15 is 0 Å². The van der Waals surface area contributed by atoms with Gasteiger partial charge >= 0.3 is 0 Å². The molecule has 0 unspecified atom stereocenters. The zero-order valence-corrected chi connectivity index (χ0v) is 12.7. The van der Waals surface area contributed by atoms with Crippen LogP contribution in [0.5, 0.6) is 0 Å². The molecule has 1 aliphatic rings. The molecule has 116 valence electrons. The van der Waals surface area contributed by atoms with E-state index in [2.05, 4.69) is 12.2 Å².